The monoisotopic (exact) mass is 226 g/mol. The van der Waals surface area contributed by atoms with Crippen LogP contribution in [0.1, 0.15) is 31.2 Å². The summed E-state index contributed by atoms with van der Waals surface area (Å²) < 4.78 is 0. The summed E-state index contributed by atoms with van der Waals surface area (Å²) in [5, 5.41) is 2.74. The van der Waals surface area contributed by atoms with Gasteiger partial charge in [-0.2, -0.15) is 0 Å². The predicted molar refractivity (Wildman–Crippen MR) is 74.1 cm³/mol. The number of unbranched alkanes of at least 4 members (excludes halogenated alkanes) is 3. The molecular weight excluding hydrogens is 206 g/mol. The van der Waals surface area contributed by atoms with Gasteiger partial charge in [0, 0.05) is 6.54 Å². The van der Waals surface area contributed by atoms with E-state index in [0.29, 0.717) is 6.54 Å². The zero-order chi connectivity index (χ0) is 11.9. The molecule has 1 heteroatoms. The quantitative estimate of drug-likeness (QED) is 0.658. The topological polar surface area (TPSA) is 23.8 Å². The Morgan fingerprint density at radius 2 is 1.53 bits per heavy atom. The average molecular weight is 226 g/mol. The van der Waals surface area contributed by atoms with Crippen LogP contribution in [0.4, 0.5) is 0 Å². The van der Waals surface area contributed by atoms with E-state index in [-0.39, 0.29) is 0 Å². The Morgan fingerprint density at radius 3 is 2.41 bits per heavy atom. The van der Waals surface area contributed by atoms with Crippen molar-refractivity contribution >= 4 is 10.8 Å². The van der Waals surface area contributed by atoms with Crippen LogP contribution in [-0.4, -0.2) is 6.54 Å². The normalized spacial score (nSPS) is 10.9. The Balaban J connectivity index is 1.98. The highest BCUT2D eigenvalue weighted by Crippen LogP contribution is 2.20. The Bertz CT molecular complexity index is 457. The van der Waals surface area contributed by atoms with Crippen molar-refractivity contribution in [2.75, 3.05) is 6.54 Å². The van der Waals surface area contributed by atoms with Crippen LogP contribution in [0.3, 0.4) is 0 Å². The van der Waals surface area contributed by atoms with Gasteiger partial charge in [-0.25, -0.2) is 0 Å². The SMILES string of the molecule is [NH]CCCCCCc1cccc2ccccc12. The molecule has 0 saturated heterocycles. The highest BCUT2D eigenvalue weighted by molar-refractivity contribution is 5.85. The van der Waals surface area contributed by atoms with Crippen LogP contribution < -0.4 is 5.73 Å². The van der Waals surface area contributed by atoms with Crippen LogP contribution >= 0.6 is 0 Å². The summed E-state index contributed by atoms with van der Waals surface area (Å²) in [5.41, 5.74) is 8.58. The van der Waals surface area contributed by atoms with Gasteiger partial charge in [-0.05, 0) is 35.6 Å². The lowest BCUT2D eigenvalue weighted by atomic mass is 9.99. The van der Waals surface area contributed by atoms with Crippen molar-refractivity contribution in [3.8, 4) is 0 Å². The van der Waals surface area contributed by atoms with Crippen LogP contribution in [0.25, 0.3) is 10.8 Å². The summed E-state index contributed by atoms with van der Waals surface area (Å²) in [7, 11) is 0. The van der Waals surface area contributed by atoms with Gasteiger partial charge in [0.2, 0.25) is 0 Å². The van der Waals surface area contributed by atoms with Crippen LogP contribution in [-0.2, 0) is 6.42 Å². The van der Waals surface area contributed by atoms with Gasteiger partial charge < -0.3 is 0 Å². The summed E-state index contributed by atoms with van der Waals surface area (Å²) in [6.45, 7) is 0.578. The highest BCUT2D eigenvalue weighted by atomic mass is 14.5. The molecule has 89 valence electrons. The Hall–Kier alpha value is -1.34. The Morgan fingerprint density at radius 1 is 0.765 bits per heavy atom. The Labute approximate surface area is 104 Å². The molecule has 0 unspecified atom stereocenters. The van der Waals surface area contributed by atoms with Crippen molar-refractivity contribution in [3.63, 3.8) is 0 Å². The summed E-state index contributed by atoms with van der Waals surface area (Å²) in [4.78, 5) is 0. The highest BCUT2D eigenvalue weighted by Gasteiger charge is 1.99. The van der Waals surface area contributed by atoms with Crippen molar-refractivity contribution in [1.29, 1.82) is 0 Å². The van der Waals surface area contributed by atoms with E-state index in [1.165, 1.54) is 42.0 Å². The average Bonchev–Trinajstić information content (AvgIpc) is 2.39. The number of rotatable bonds is 6. The second-order valence-electron chi connectivity index (χ2n) is 4.55. The van der Waals surface area contributed by atoms with E-state index in [9.17, 15) is 0 Å². The second-order valence-corrected chi connectivity index (χ2v) is 4.55. The molecule has 1 nitrogen and oxygen atoms in total. The summed E-state index contributed by atoms with van der Waals surface area (Å²) in [6, 6.07) is 15.2. The maximum atomic E-state index is 7.11. The van der Waals surface area contributed by atoms with E-state index >= 15 is 0 Å². The molecule has 2 rings (SSSR count). The summed E-state index contributed by atoms with van der Waals surface area (Å²) in [6.07, 6.45) is 5.92. The van der Waals surface area contributed by atoms with Gasteiger partial charge in [0.25, 0.3) is 0 Å². The lowest BCUT2D eigenvalue weighted by Crippen LogP contribution is -1.89. The van der Waals surface area contributed by atoms with Gasteiger partial charge in [-0.15, -0.1) is 0 Å². The fourth-order valence-electron chi connectivity index (χ4n) is 2.30. The van der Waals surface area contributed by atoms with Gasteiger partial charge >= 0.3 is 0 Å². The molecule has 0 aliphatic rings. The van der Waals surface area contributed by atoms with Crippen LogP contribution in [0.5, 0.6) is 0 Å². The standard InChI is InChI=1S/C16H20N/c17-13-6-2-1-3-8-14-10-7-11-15-9-4-5-12-16(14)15/h4-5,7,9-12,17H,1-3,6,8,13H2. The first-order valence-corrected chi connectivity index (χ1v) is 6.53. The first-order valence-electron chi connectivity index (χ1n) is 6.53. The second kappa shape index (κ2) is 6.41. The number of nitrogens with one attached hydrogen (secondary N) is 1. The van der Waals surface area contributed by atoms with Gasteiger partial charge in [0.1, 0.15) is 0 Å². The van der Waals surface area contributed by atoms with E-state index in [1.54, 1.807) is 0 Å². The number of hydrogen-bond donors (Lipinski definition) is 0. The molecule has 0 bridgehead atoms. The molecule has 0 aromatic heterocycles. The first kappa shape index (κ1) is 12.1. The smallest absolute Gasteiger partial charge is 0.00997 e. The zero-order valence-electron chi connectivity index (χ0n) is 10.3. The fraction of sp³-hybridized carbons (Fsp3) is 0.375. The lowest BCUT2D eigenvalue weighted by molar-refractivity contribution is 0.644. The van der Waals surface area contributed by atoms with Gasteiger partial charge in [0.05, 0.1) is 0 Å². The third kappa shape index (κ3) is 3.31. The van der Waals surface area contributed by atoms with E-state index < -0.39 is 0 Å². The van der Waals surface area contributed by atoms with Crippen LogP contribution in [0.2, 0.25) is 0 Å². The summed E-state index contributed by atoms with van der Waals surface area (Å²) in [5.74, 6) is 0. The van der Waals surface area contributed by atoms with E-state index in [4.69, 9.17) is 5.73 Å². The molecular formula is C16H20N. The minimum Gasteiger partial charge on any atom is -0.258 e. The van der Waals surface area contributed by atoms with Crippen molar-refractivity contribution in [3.05, 3.63) is 48.0 Å². The van der Waals surface area contributed by atoms with Gasteiger partial charge in [-0.1, -0.05) is 55.3 Å². The third-order valence-electron chi connectivity index (χ3n) is 3.25. The van der Waals surface area contributed by atoms with Gasteiger partial charge in [-0.3, -0.25) is 5.73 Å². The fourth-order valence-corrected chi connectivity index (χ4v) is 2.30. The molecule has 0 saturated carbocycles. The predicted octanol–water partition coefficient (Wildman–Crippen LogP) is 4.23. The lowest BCUT2D eigenvalue weighted by Gasteiger charge is -2.06. The van der Waals surface area contributed by atoms with Crippen molar-refractivity contribution in [2.24, 2.45) is 0 Å². The molecule has 0 aliphatic heterocycles. The van der Waals surface area contributed by atoms with E-state index in [1.807, 2.05) is 0 Å². The number of fused-ring (bicyclic) bond motifs is 1. The van der Waals surface area contributed by atoms with Crippen molar-refractivity contribution in [1.82, 2.24) is 5.73 Å². The Kier molecular flexibility index (Phi) is 4.57. The number of hydrogen-bond acceptors (Lipinski definition) is 0. The first-order chi connectivity index (χ1) is 8.42. The molecule has 1 radical (unpaired) electrons. The number of benzene rings is 2. The van der Waals surface area contributed by atoms with E-state index in [2.05, 4.69) is 42.5 Å². The molecule has 17 heavy (non-hydrogen) atoms. The maximum Gasteiger partial charge on any atom is 0.00997 e. The number of aryl methyl sites for hydroxylation is 1. The molecule has 1 N–H and O–H groups in total. The zero-order valence-corrected chi connectivity index (χ0v) is 10.3. The molecule has 0 fully saturated rings. The van der Waals surface area contributed by atoms with Crippen LogP contribution in [0, 0.1) is 0 Å². The molecule has 0 heterocycles. The van der Waals surface area contributed by atoms with Crippen LogP contribution in [0.15, 0.2) is 42.5 Å². The minimum atomic E-state index is 0.578. The molecule has 0 amide bonds. The largest absolute Gasteiger partial charge is 0.258 e. The molecule has 2 aromatic carbocycles. The van der Waals surface area contributed by atoms with Crippen molar-refractivity contribution < 1.29 is 0 Å². The van der Waals surface area contributed by atoms with Crippen molar-refractivity contribution in [2.45, 2.75) is 32.1 Å². The minimum absolute atomic E-state index is 0.578. The van der Waals surface area contributed by atoms with E-state index in [0.717, 1.165) is 6.42 Å². The van der Waals surface area contributed by atoms with Gasteiger partial charge in [0.15, 0.2) is 0 Å². The molecule has 0 aliphatic carbocycles. The third-order valence-corrected chi connectivity index (χ3v) is 3.25. The molecule has 0 spiro atoms. The molecule has 0 atom stereocenters. The maximum absolute atomic E-state index is 7.11. The summed E-state index contributed by atoms with van der Waals surface area (Å²) >= 11 is 0. The molecule has 2 aromatic rings.